The van der Waals surface area contributed by atoms with Crippen molar-refractivity contribution in [3.8, 4) is 10.7 Å². The number of rotatable bonds is 3. The number of fused-ring (bicyclic) bond motifs is 1. The monoisotopic (exact) mass is 316 g/mol. The van der Waals surface area contributed by atoms with Crippen LogP contribution in [0.15, 0.2) is 24.4 Å². The molecule has 2 aromatic heterocycles. The predicted octanol–water partition coefficient (Wildman–Crippen LogP) is 2.29. The van der Waals surface area contributed by atoms with Gasteiger partial charge in [0.15, 0.2) is 5.01 Å². The summed E-state index contributed by atoms with van der Waals surface area (Å²) in [5.41, 5.74) is 0.218. The fourth-order valence-electron chi connectivity index (χ4n) is 3.72. The molecule has 0 aromatic carbocycles. The lowest BCUT2D eigenvalue weighted by molar-refractivity contribution is -0.149. The standard InChI is InChI=1S/C15H16N4O2S/c20-13(21)15-6-3-4-10(15)8-19(9-15)14-18-17-12(22-14)11-5-1-2-7-16-11/h1-2,5,7,10H,3-4,6,8-9H2,(H,20,21)/t10-,15+/m0/s1. The largest absolute Gasteiger partial charge is 0.481 e. The minimum atomic E-state index is -0.660. The van der Waals surface area contributed by atoms with E-state index in [4.69, 9.17) is 0 Å². The summed E-state index contributed by atoms with van der Waals surface area (Å²) in [6, 6.07) is 5.69. The van der Waals surface area contributed by atoms with Gasteiger partial charge >= 0.3 is 5.97 Å². The van der Waals surface area contributed by atoms with Gasteiger partial charge in [-0.05, 0) is 30.9 Å². The average molecular weight is 316 g/mol. The highest BCUT2D eigenvalue weighted by Gasteiger charge is 2.55. The maximum atomic E-state index is 11.7. The maximum absolute atomic E-state index is 11.7. The predicted molar refractivity (Wildman–Crippen MR) is 82.8 cm³/mol. The van der Waals surface area contributed by atoms with Crippen LogP contribution in [-0.2, 0) is 4.79 Å². The van der Waals surface area contributed by atoms with E-state index in [1.54, 1.807) is 6.20 Å². The molecule has 6 nitrogen and oxygen atoms in total. The molecule has 1 aliphatic heterocycles. The Balaban J connectivity index is 1.60. The van der Waals surface area contributed by atoms with Gasteiger partial charge in [-0.15, -0.1) is 10.2 Å². The van der Waals surface area contributed by atoms with Gasteiger partial charge in [0.1, 0.15) is 5.69 Å². The minimum absolute atomic E-state index is 0.229. The van der Waals surface area contributed by atoms with Crippen LogP contribution in [0.4, 0.5) is 5.13 Å². The number of carboxylic acid groups (broad SMARTS) is 1. The molecular formula is C15H16N4O2S. The molecule has 0 amide bonds. The number of carboxylic acids is 1. The van der Waals surface area contributed by atoms with Gasteiger partial charge in [-0.25, -0.2) is 0 Å². The summed E-state index contributed by atoms with van der Waals surface area (Å²) in [5.74, 6) is -0.431. The maximum Gasteiger partial charge on any atom is 0.311 e. The molecule has 2 aromatic rings. The van der Waals surface area contributed by atoms with E-state index in [-0.39, 0.29) is 5.92 Å². The fraction of sp³-hybridized carbons (Fsp3) is 0.467. The van der Waals surface area contributed by atoms with Crippen molar-refractivity contribution in [1.82, 2.24) is 15.2 Å². The van der Waals surface area contributed by atoms with E-state index in [0.717, 1.165) is 41.6 Å². The normalized spacial score (nSPS) is 27.1. The van der Waals surface area contributed by atoms with E-state index in [1.807, 2.05) is 18.2 Å². The number of hydrogen-bond acceptors (Lipinski definition) is 6. The number of aliphatic carboxylic acids is 1. The molecule has 1 aliphatic carbocycles. The van der Waals surface area contributed by atoms with Gasteiger partial charge in [0.2, 0.25) is 5.13 Å². The zero-order valence-electron chi connectivity index (χ0n) is 12.0. The lowest BCUT2D eigenvalue weighted by Gasteiger charge is -2.22. The summed E-state index contributed by atoms with van der Waals surface area (Å²) in [7, 11) is 0. The van der Waals surface area contributed by atoms with Gasteiger partial charge in [-0.1, -0.05) is 23.8 Å². The van der Waals surface area contributed by atoms with Crippen molar-refractivity contribution in [1.29, 1.82) is 0 Å². The molecule has 2 aliphatic rings. The molecule has 114 valence electrons. The van der Waals surface area contributed by atoms with Crippen LogP contribution >= 0.6 is 11.3 Å². The van der Waals surface area contributed by atoms with Gasteiger partial charge < -0.3 is 10.0 Å². The first-order valence-corrected chi connectivity index (χ1v) is 8.24. The number of carbonyl (C=O) groups is 1. The Morgan fingerprint density at radius 3 is 3.05 bits per heavy atom. The fourth-order valence-corrected chi connectivity index (χ4v) is 4.55. The van der Waals surface area contributed by atoms with E-state index < -0.39 is 11.4 Å². The highest BCUT2D eigenvalue weighted by Crippen LogP contribution is 2.50. The Hall–Kier alpha value is -2.02. The second-order valence-electron chi connectivity index (χ2n) is 6.04. The summed E-state index contributed by atoms with van der Waals surface area (Å²) in [6.07, 6.45) is 4.51. The van der Waals surface area contributed by atoms with Crippen LogP contribution in [-0.4, -0.2) is 39.3 Å². The van der Waals surface area contributed by atoms with Crippen LogP contribution in [0.1, 0.15) is 19.3 Å². The van der Waals surface area contributed by atoms with Gasteiger partial charge in [-0.3, -0.25) is 9.78 Å². The van der Waals surface area contributed by atoms with Crippen LogP contribution in [0.25, 0.3) is 10.7 Å². The van der Waals surface area contributed by atoms with Crippen molar-refractivity contribution in [3.05, 3.63) is 24.4 Å². The Kier molecular flexibility index (Phi) is 3.11. The van der Waals surface area contributed by atoms with Crippen LogP contribution < -0.4 is 4.90 Å². The van der Waals surface area contributed by atoms with E-state index in [1.165, 1.54) is 11.3 Å². The smallest absolute Gasteiger partial charge is 0.311 e. The summed E-state index contributed by atoms with van der Waals surface area (Å²) in [6.45, 7) is 1.31. The van der Waals surface area contributed by atoms with Crippen molar-refractivity contribution in [2.75, 3.05) is 18.0 Å². The van der Waals surface area contributed by atoms with Gasteiger partial charge in [0, 0.05) is 19.3 Å². The topological polar surface area (TPSA) is 79.2 Å². The van der Waals surface area contributed by atoms with E-state index in [9.17, 15) is 9.90 Å². The van der Waals surface area contributed by atoms with Crippen molar-refractivity contribution in [2.45, 2.75) is 19.3 Å². The van der Waals surface area contributed by atoms with Crippen molar-refractivity contribution < 1.29 is 9.90 Å². The zero-order chi connectivity index (χ0) is 15.2. The zero-order valence-corrected chi connectivity index (χ0v) is 12.8. The van der Waals surface area contributed by atoms with Gasteiger partial charge in [-0.2, -0.15) is 0 Å². The molecule has 22 heavy (non-hydrogen) atoms. The molecule has 1 saturated carbocycles. The molecule has 0 bridgehead atoms. The van der Waals surface area contributed by atoms with Crippen LogP contribution in [0.3, 0.4) is 0 Å². The third-order valence-corrected chi connectivity index (χ3v) is 5.87. The highest BCUT2D eigenvalue weighted by atomic mass is 32.1. The Morgan fingerprint density at radius 2 is 2.32 bits per heavy atom. The van der Waals surface area contributed by atoms with E-state index in [2.05, 4.69) is 20.1 Å². The molecular weight excluding hydrogens is 300 g/mol. The molecule has 0 unspecified atom stereocenters. The number of nitrogens with zero attached hydrogens (tertiary/aromatic N) is 4. The van der Waals surface area contributed by atoms with Crippen molar-refractivity contribution in [3.63, 3.8) is 0 Å². The molecule has 1 N–H and O–H groups in total. The van der Waals surface area contributed by atoms with E-state index >= 15 is 0 Å². The third-order valence-electron chi connectivity index (χ3n) is 4.87. The van der Waals surface area contributed by atoms with Crippen molar-refractivity contribution >= 4 is 22.4 Å². The summed E-state index contributed by atoms with van der Waals surface area (Å²) >= 11 is 1.48. The van der Waals surface area contributed by atoms with Crippen LogP contribution in [0.5, 0.6) is 0 Å². The first-order chi connectivity index (χ1) is 10.7. The molecule has 1 saturated heterocycles. The van der Waals surface area contributed by atoms with Crippen molar-refractivity contribution in [2.24, 2.45) is 11.3 Å². The Labute approximate surface area is 131 Å². The third kappa shape index (κ3) is 1.99. The van der Waals surface area contributed by atoms with E-state index in [0.29, 0.717) is 6.54 Å². The lowest BCUT2D eigenvalue weighted by Crippen LogP contribution is -2.35. The molecule has 3 heterocycles. The van der Waals surface area contributed by atoms with Gasteiger partial charge in [0.05, 0.1) is 5.41 Å². The molecule has 7 heteroatoms. The second kappa shape index (κ2) is 5.01. The molecule has 0 spiro atoms. The number of anilines is 1. The second-order valence-corrected chi connectivity index (χ2v) is 6.99. The quantitative estimate of drug-likeness (QED) is 0.936. The average Bonchev–Trinajstić information content (AvgIpc) is 3.21. The molecule has 2 atom stereocenters. The number of pyridine rings is 1. The first kappa shape index (κ1) is 13.6. The Morgan fingerprint density at radius 1 is 1.41 bits per heavy atom. The van der Waals surface area contributed by atoms with Gasteiger partial charge in [0.25, 0.3) is 0 Å². The summed E-state index contributed by atoms with van der Waals surface area (Å²) < 4.78 is 0. The molecule has 0 radical (unpaired) electrons. The van der Waals surface area contributed by atoms with Crippen LogP contribution in [0.2, 0.25) is 0 Å². The van der Waals surface area contributed by atoms with Crippen LogP contribution in [0, 0.1) is 11.3 Å². The number of aromatic nitrogens is 3. The SMILES string of the molecule is O=C(O)[C@@]12CCC[C@H]1CN(c1nnc(-c3ccccn3)s1)C2. The number of hydrogen-bond donors (Lipinski definition) is 1. The lowest BCUT2D eigenvalue weighted by atomic mass is 9.81. The highest BCUT2D eigenvalue weighted by molar-refractivity contribution is 7.18. The minimum Gasteiger partial charge on any atom is -0.481 e. The Bertz CT molecular complexity index is 705. The summed E-state index contributed by atoms with van der Waals surface area (Å²) in [4.78, 5) is 18.1. The molecule has 2 fully saturated rings. The molecule has 4 rings (SSSR count). The first-order valence-electron chi connectivity index (χ1n) is 7.42. The summed E-state index contributed by atoms with van der Waals surface area (Å²) in [5, 5.41) is 19.7.